The minimum Gasteiger partial charge on any atom is -0.304 e. The maximum Gasteiger partial charge on any atom is 0.0390 e. The predicted octanol–water partition coefficient (Wildman–Crippen LogP) is 4.29. The molecule has 0 fully saturated rings. The Labute approximate surface area is 97.9 Å². The molecule has 1 atom stereocenters. The van der Waals surface area contributed by atoms with E-state index in [-0.39, 0.29) is 5.54 Å². The summed E-state index contributed by atoms with van der Waals surface area (Å²) < 4.78 is 0. The molecule has 1 nitrogen and oxygen atoms in total. The van der Waals surface area contributed by atoms with E-state index >= 15 is 0 Å². The van der Waals surface area contributed by atoms with Gasteiger partial charge < -0.3 is 5.32 Å². The first-order valence-electron chi connectivity index (χ1n) is 5.84. The fourth-order valence-corrected chi connectivity index (χ4v) is 2.61. The lowest BCUT2D eigenvalue weighted by atomic mass is 9.94. The van der Waals surface area contributed by atoms with Gasteiger partial charge in [-0.1, -0.05) is 13.8 Å². The Morgan fingerprint density at radius 2 is 1.93 bits per heavy atom. The molecular weight excluding hydrogens is 202 g/mol. The van der Waals surface area contributed by atoms with Gasteiger partial charge in [0.1, 0.15) is 0 Å². The highest BCUT2D eigenvalue weighted by atomic mass is 32.1. The number of nitrogens with one attached hydrogen (secondary N) is 1. The van der Waals surface area contributed by atoms with Gasteiger partial charge in [-0.2, -0.15) is 0 Å². The van der Waals surface area contributed by atoms with Crippen LogP contribution in [0.2, 0.25) is 0 Å². The lowest BCUT2D eigenvalue weighted by Crippen LogP contribution is -2.42. The summed E-state index contributed by atoms with van der Waals surface area (Å²) in [6, 6.07) is 4.91. The molecule has 2 heteroatoms. The van der Waals surface area contributed by atoms with Gasteiger partial charge in [0.25, 0.3) is 0 Å². The average molecular weight is 225 g/mol. The third-order valence-electron chi connectivity index (χ3n) is 3.31. The highest BCUT2D eigenvalue weighted by Gasteiger charge is 2.22. The SMILES string of the molecule is CCC(C)(CC)NC(C)c1ccc(C)s1. The summed E-state index contributed by atoms with van der Waals surface area (Å²) in [6.07, 6.45) is 2.36. The van der Waals surface area contributed by atoms with Crippen molar-refractivity contribution in [1.82, 2.24) is 5.32 Å². The van der Waals surface area contributed by atoms with Gasteiger partial charge in [0, 0.05) is 21.3 Å². The van der Waals surface area contributed by atoms with Crippen LogP contribution in [0.3, 0.4) is 0 Å². The van der Waals surface area contributed by atoms with E-state index in [0.29, 0.717) is 6.04 Å². The van der Waals surface area contributed by atoms with Gasteiger partial charge in [-0.05, 0) is 45.7 Å². The maximum absolute atomic E-state index is 3.73. The molecule has 0 spiro atoms. The fraction of sp³-hybridized carbons (Fsp3) is 0.692. The van der Waals surface area contributed by atoms with Crippen LogP contribution in [0.15, 0.2) is 12.1 Å². The summed E-state index contributed by atoms with van der Waals surface area (Å²) in [5, 5.41) is 3.73. The second-order valence-corrected chi connectivity index (χ2v) is 5.90. The number of rotatable bonds is 5. The Balaban J connectivity index is 2.66. The Kier molecular flexibility index (Phi) is 4.35. The first-order chi connectivity index (χ1) is 7.00. The minimum absolute atomic E-state index is 0.275. The van der Waals surface area contributed by atoms with Crippen molar-refractivity contribution in [3.8, 4) is 0 Å². The van der Waals surface area contributed by atoms with Crippen LogP contribution in [-0.2, 0) is 0 Å². The third kappa shape index (κ3) is 3.32. The lowest BCUT2D eigenvalue weighted by Gasteiger charge is -2.31. The van der Waals surface area contributed by atoms with E-state index in [1.165, 1.54) is 22.6 Å². The molecule has 0 aromatic carbocycles. The molecule has 1 N–H and O–H groups in total. The van der Waals surface area contributed by atoms with E-state index in [4.69, 9.17) is 0 Å². The van der Waals surface area contributed by atoms with Crippen molar-refractivity contribution in [3.05, 3.63) is 21.9 Å². The molecule has 0 aliphatic heterocycles. The molecule has 1 unspecified atom stereocenters. The van der Waals surface area contributed by atoms with Crippen molar-refractivity contribution in [2.45, 2.75) is 59.0 Å². The minimum atomic E-state index is 0.275. The molecule has 86 valence electrons. The van der Waals surface area contributed by atoms with Crippen molar-refractivity contribution >= 4 is 11.3 Å². The highest BCUT2D eigenvalue weighted by Crippen LogP contribution is 2.26. The van der Waals surface area contributed by atoms with Crippen LogP contribution in [-0.4, -0.2) is 5.54 Å². The van der Waals surface area contributed by atoms with Crippen molar-refractivity contribution in [2.75, 3.05) is 0 Å². The second kappa shape index (κ2) is 5.13. The molecule has 0 saturated heterocycles. The zero-order valence-electron chi connectivity index (χ0n) is 10.6. The van der Waals surface area contributed by atoms with E-state index in [1.807, 2.05) is 11.3 Å². The molecular formula is C13H23NS. The predicted molar refractivity (Wildman–Crippen MR) is 69.6 cm³/mol. The van der Waals surface area contributed by atoms with Crippen molar-refractivity contribution in [1.29, 1.82) is 0 Å². The molecule has 0 radical (unpaired) electrons. The van der Waals surface area contributed by atoms with Crippen LogP contribution in [0.25, 0.3) is 0 Å². The van der Waals surface area contributed by atoms with Crippen molar-refractivity contribution in [2.24, 2.45) is 0 Å². The number of aryl methyl sites for hydroxylation is 1. The van der Waals surface area contributed by atoms with Crippen LogP contribution in [0.5, 0.6) is 0 Å². The zero-order valence-corrected chi connectivity index (χ0v) is 11.4. The molecule has 1 heterocycles. The van der Waals surface area contributed by atoms with Crippen molar-refractivity contribution in [3.63, 3.8) is 0 Å². The average Bonchev–Trinajstić information content (AvgIpc) is 2.65. The topological polar surface area (TPSA) is 12.0 Å². The number of hydrogen-bond acceptors (Lipinski definition) is 2. The second-order valence-electron chi connectivity index (χ2n) is 4.58. The smallest absolute Gasteiger partial charge is 0.0390 e. The van der Waals surface area contributed by atoms with Gasteiger partial charge in [0.05, 0.1) is 0 Å². The quantitative estimate of drug-likeness (QED) is 0.788. The summed E-state index contributed by atoms with van der Waals surface area (Å²) >= 11 is 1.90. The van der Waals surface area contributed by atoms with Gasteiger partial charge in [-0.25, -0.2) is 0 Å². The summed E-state index contributed by atoms with van der Waals surface area (Å²) in [7, 11) is 0. The molecule has 15 heavy (non-hydrogen) atoms. The Hall–Kier alpha value is -0.340. The van der Waals surface area contributed by atoms with E-state index in [1.54, 1.807) is 0 Å². The standard InChI is InChI=1S/C13H23NS/c1-6-13(5,7-2)14-11(4)12-9-8-10(3)15-12/h8-9,11,14H,6-7H2,1-5H3. The number of thiophene rings is 1. The van der Waals surface area contributed by atoms with Gasteiger partial charge in [-0.15, -0.1) is 11.3 Å². The van der Waals surface area contributed by atoms with Gasteiger partial charge in [0.15, 0.2) is 0 Å². The summed E-state index contributed by atoms with van der Waals surface area (Å²) in [5.41, 5.74) is 0.275. The molecule has 0 amide bonds. The van der Waals surface area contributed by atoms with Crippen LogP contribution in [0.4, 0.5) is 0 Å². The van der Waals surface area contributed by atoms with Gasteiger partial charge >= 0.3 is 0 Å². The Morgan fingerprint density at radius 3 is 2.33 bits per heavy atom. The molecule has 1 aromatic heterocycles. The normalized spacial score (nSPS) is 14.2. The molecule has 1 rings (SSSR count). The highest BCUT2D eigenvalue weighted by molar-refractivity contribution is 7.12. The maximum atomic E-state index is 3.73. The zero-order chi connectivity index (χ0) is 11.5. The van der Waals surface area contributed by atoms with Crippen LogP contribution < -0.4 is 5.32 Å². The van der Waals surface area contributed by atoms with Crippen molar-refractivity contribution < 1.29 is 0 Å². The lowest BCUT2D eigenvalue weighted by molar-refractivity contribution is 0.301. The third-order valence-corrected chi connectivity index (χ3v) is 4.50. The summed E-state index contributed by atoms with van der Waals surface area (Å²) in [5.74, 6) is 0. The van der Waals surface area contributed by atoms with Gasteiger partial charge in [-0.3, -0.25) is 0 Å². The first kappa shape index (κ1) is 12.7. The molecule has 0 aliphatic rings. The first-order valence-corrected chi connectivity index (χ1v) is 6.66. The summed E-state index contributed by atoms with van der Waals surface area (Å²) in [6.45, 7) is 11.2. The summed E-state index contributed by atoms with van der Waals surface area (Å²) in [4.78, 5) is 2.84. The largest absolute Gasteiger partial charge is 0.304 e. The van der Waals surface area contributed by atoms with E-state index < -0.39 is 0 Å². The van der Waals surface area contributed by atoms with E-state index in [2.05, 4.69) is 52.1 Å². The van der Waals surface area contributed by atoms with E-state index in [0.717, 1.165) is 0 Å². The van der Waals surface area contributed by atoms with Crippen LogP contribution in [0.1, 0.15) is 56.3 Å². The van der Waals surface area contributed by atoms with Crippen LogP contribution >= 0.6 is 11.3 Å². The number of hydrogen-bond donors (Lipinski definition) is 1. The molecule has 0 saturated carbocycles. The van der Waals surface area contributed by atoms with Crippen LogP contribution in [0, 0.1) is 6.92 Å². The molecule has 1 aromatic rings. The molecule has 0 aliphatic carbocycles. The Morgan fingerprint density at radius 1 is 1.33 bits per heavy atom. The fourth-order valence-electron chi connectivity index (χ4n) is 1.73. The molecule has 0 bridgehead atoms. The monoisotopic (exact) mass is 225 g/mol. The Bertz CT molecular complexity index is 299. The van der Waals surface area contributed by atoms with E-state index in [9.17, 15) is 0 Å². The van der Waals surface area contributed by atoms with Gasteiger partial charge in [0.2, 0.25) is 0 Å².